The molecule has 0 radical (unpaired) electrons. The van der Waals surface area contributed by atoms with E-state index in [0.29, 0.717) is 36.7 Å². The molecule has 4 saturated heterocycles. The van der Waals surface area contributed by atoms with Crippen LogP contribution in [0.25, 0.3) is 0 Å². The summed E-state index contributed by atoms with van der Waals surface area (Å²) in [7, 11) is 0. The normalized spacial score (nSPS) is 59.5. The van der Waals surface area contributed by atoms with Gasteiger partial charge in [0, 0.05) is 18.3 Å². The number of rotatable bonds is 6. The van der Waals surface area contributed by atoms with Crippen LogP contribution in [0.3, 0.4) is 0 Å². The summed E-state index contributed by atoms with van der Waals surface area (Å²) in [6, 6.07) is 0. The van der Waals surface area contributed by atoms with Gasteiger partial charge in [0.15, 0.2) is 18.4 Å². The summed E-state index contributed by atoms with van der Waals surface area (Å²) in [6.45, 7) is 8.83. The molecule has 0 amide bonds. The lowest BCUT2D eigenvalue weighted by Gasteiger charge is -2.61. The average molecular weight is 757 g/mol. The van der Waals surface area contributed by atoms with Gasteiger partial charge in [-0.2, -0.15) is 0 Å². The maximum absolute atomic E-state index is 12.1. The van der Waals surface area contributed by atoms with E-state index in [-0.39, 0.29) is 40.8 Å². The van der Waals surface area contributed by atoms with E-state index in [4.69, 9.17) is 28.4 Å². The highest BCUT2D eigenvalue weighted by Gasteiger charge is 2.72. The molecule has 23 atom stereocenters. The quantitative estimate of drug-likeness (QED) is 0.173. The lowest BCUT2D eigenvalue weighted by molar-refractivity contribution is -0.373. The molecular formula is C39H64O14. The molecule has 8 N–H and O–H groups in total. The highest BCUT2D eigenvalue weighted by molar-refractivity contribution is 5.18. The number of hydrogen-bond donors (Lipinski definition) is 8. The second kappa shape index (κ2) is 14.4. The molecule has 1 spiro atoms. The fourth-order valence-electron chi connectivity index (χ4n) is 13.2. The lowest BCUT2D eigenvalue weighted by atomic mass is 9.44. The van der Waals surface area contributed by atoms with Crippen molar-refractivity contribution in [3.8, 4) is 0 Å². The Morgan fingerprint density at radius 1 is 0.660 bits per heavy atom. The van der Waals surface area contributed by atoms with Crippen molar-refractivity contribution < 1.29 is 69.3 Å². The third-order valence-electron chi connectivity index (χ3n) is 16.2. The molecule has 4 heterocycles. The van der Waals surface area contributed by atoms with Crippen LogP contribution in [0, 0.1) is 52.3 Å². The first kappa shape index (κ1) is 39.3. The van der Waals surface area contributed by atoms with E-state index < -0.39 is 86.5 Å². The van der Waals surface area contributed by atoms with E-state index in [9.17, 15) is 40.9 Å². The molecule has 0 aromatic carbocycles. The molecule has 304 valence electrons. The van der Waals surface area contributed by atoms with E-state index in [1.165, 1.54) is 0 Å². The van der Waals surface area contributed by atoms with Crippen molar-refractivity contribution in [3.63, 3.8) is 0 Å². The van der Waals surface area contributed by atoms with Gasteiger partial charge in [0.05, 0.1) is 38.1 Å². The Hall–Kier alpha value is -0.560. The van der Waals surface area contributed by atoms with Crippen molar-refractivity contribution in [1.82, 2.24) is 0 Å². The van der Waals surface area contributed by atoms with Gasteiger partial charge in [-0.3, -0.25) is 0 Å². The molecule has 4 saturated carbocycles. The van der Waals surface area contributed by atoms with Crippen LogP contribution in [0.4, 0.5) is 0 Å². The molecule has 4 aliphatic heterocycles. The van der Waals surface area contributed by atoms with Crippen molar-refractivity contribution in [2.24, 2.45) is 52.3 Å². The summed E-state index contributed by atoms with van der Waals surface area (Å²) < 4.78 is 37.3. The van der Waals surface area contributed by atoms with Gasteiger partial charge in [-0.05, 0) is 91.8 Å². The highest BCUT2D eigenvalue weighted by Crippen LogP contribution is 2.71. The van der Waals surface area contributed by atoms with Gasteiger partial charge in [-0.15, -0.1) is 0 Å². The molecule has 4 aliphatic carbocycles. The fourth-order valence-corrected chi connectivity index (χ4v) is 13.2. The molecule has 14 nitrogen and oxygen atoms in total. The molecule has 8 rings (SSSR count). The predicted molar refractivity (Wildman–Crippen MR) is 184 cm³/mol. The second-order valence-corrected chi connectivity index (χ2v) is 18.8. The van der Waals surface area contributed by atoms with E-state index in [1.54, 1.807) is 0 Å². The van der Waals surface area contributed by atoms with E-state index >= 15 is 0 Å². The summed E-state index contributed by atoms with van der Waals surface area (Å²) in [5.41, 5.74) is 0.0217. The third-order valence-corrected chi connectivity index (χ3v) is 16.2. The molecule has 14 heteroatoms. The minimum atomic E-state index is -1.73. The SMILES string of the molecule is CC1C2C(O[C@]13CC[C@H](C)CO3)C(O)C1C3CC[C@@H]4CC(O[C@@H]5O[C@H](CO)[C@H](O)[C@H](O)[C@H]5O[C@@H]5O[C@H](CO)[C@@H](O)[C@H](O)[C@H]5O)CC[C@]4(C)C3CC[C@@]12C. The van der Waals surface area contributed by atoms with E-state index in [1.807, 2.05) is 0 Å². The van der Waals surface area contributed by atoms with Gasteiger partial charge < -0.3 is 69.3 Å². The van der Waals surface area contributed by atoms with Gasteiger partial charge in [-0.25, -0.2) is 0 Å². The van der Waals surface area contributed by atoms with Crippen molar-refractivity contribution in [2.45, 2.75) is 171 Å². The van der Waals surface area contributed by atoms with Gasteiger partial charge in [0.2, 0.25) is 0 Å². The predicted octanol–water partition coefficient (Wildman–Crippen LogP) is 0.413. The summed E-state index contributed by atoms with van der Waals surface area (Å²) in [6.07, 6.45) is -7.30. The minimum Gasteiger partial charge on any atom is -0.394 e. The molecule has 0 aromatic rings. The third kappa shape index (κ3) is 6.11. The van der Waals surface area contributed by atoms with Gasteiger partial charge in [0.25, 0.3) is 0 Å². The summed E-state index contributed by atoms with van der Waals surface area (Å²) >= 11 is 0. The maximum atomic E-state index is 12.1. The monoisotopic (exact) mass is 756 g/mol. The molecule has 8 fully saturated rings. The van der Waals surface area contributed by atoms with Crippen LogP contribution < -0.4 is 0 Å². The Kier molecular flexibility index (Phi) is 10.6. The highest BCUT2D eigenvalue weighted by atomic mass is 16.8. The van der Waals surface area contributed by atoms with Crippen molar-refractivity contribution >= 4 is 0 Å². The van der Waals surface area contributed by atoms with Crippen LogP contribution in [0.1, 0.15) is 85.5 Å². The number of aliphatic hydroxyl groups is 8. The van der Waals surface area contributed by atoms with E-state index in [2.05, 4.69) is 27.7 Å². The second-order valence-electron chi connectivity index (χ2n) is 18.8. The first-order valence-electron chi connectivity index (χ1n) is 20.4. The Bertz CT molecular complexity index is 1300. The molecule has 0 bridgehead atoms. The molecular weight excluding hydrogens is 692 g/mol. The van der Waals surface area contributed by atoms with Crippen LogP contribution in [-0.2, 0) is 28.4 Å². The zero-order valence-electron chi connectivity index (χ0n) is 31.6. The lowest BCUT2D eigenvalue weighted by Crippen LogP contribution is -2.65. The van der Waals surface area contributed by atoms with Gasteiger partial charge >= 0.3 is 0 Å². The first-order chi connectivity index (χ1) is 25.2. The molecule has 8 aliphatic rings. The standard InChI is InChI=1S/C39H64O14/c1-17-7-12-39(48-16-17)18(2)25-33(53-39)29(44)26-21-6-5-19-13-20(8-10-37(19,3)22(21)9-11-38(25,26)4)49-36-34(31(46)28(43)24(15-41)51-36)52-35-32(47)30(45)27(42)23(14-40)50-35/h17-36,40-47H,5-16H2,1-4H3/t17-,18?,19+,20?,21?,22?,23+,24+,25?,26?,27+,28-,29?,30-,31-,32+,33?,34+,35-,36+,37-,38+,39+/m0/s1. The van der Waals surface area contributed by atoms with Gasteiger partial charge in [-0.1, -0.05) is 27.7 Å². The van der Waals surface area contributed by atoms with Crippen LogP contribution in [0.15, 0.2) is 0 Å². The smallest absolute Gasteiger partial charge is 0.187 e. The summed E-state index contributed by atoms with van der Waals surface area (Å²) in [4.78, 5) is 0. The Morgan fingerprint density at radius 3 is 2.02 bits per heavy atom. The zero-order chi connectivity index (χ0) is 37.8. The minimum absolute atomic E-state index is 0.0208. The summed E-state index contributed by atoms with van der Waals surface area (Å²) in [5.74, 6) is 1.79. The average Bonchev–Trinajstić information content (AvgIpc) is 3.55. The summed E-state index contributed by atoms with van der Waals surface area (Å²) in [5, 5.41) is 84.8. The number of hydrogen-bond acceptors (Lipinski definition) is 14. The number of ether oxygens (including phenoxy) is 6. The molecule has 0 aromatic heterocycles. The molecule has 53 heavy (non-hydrogen) atoms. The number of fused-ring (bicyclic) bond motifs is 7. The largest absolute Gasteiger partial charge is 0.394 e. The topological polar surface area (TPSA) is 217 Å². The maximum Gasteiger partial charge on any atom is 0.187 e. The Labute approximate surface area is 312 Å². The molecule has 8 unspecified atom stereocenters. The van der Waals surface area contributed by atoms with Crippen LogP contribution in [-0.4, -0.2) is 146 Å². The van der Waals surface area contributed by atoms with Crippen LogP contribution in [0.5, 0.6) is 0 Å². The van der Waals surface area contributed by atoms with E-state index in [0.717, 1.165) is 51.4 Å². The Morgan fingerprint density at radius 2 is 1.34 bits per heavy atom. The van der Waals surface area contributed by atoms with Gasteiger partial charge in [0.1, 0.15) is 48.8 Å². The zero-order valence-corrected chi connectivity index (χ0v) is 31.6. The fraction of sp³-hybridized carbons (Fsp3) is 1.00. The van der Waals surface area contributed by atoms with Crippen molar-refractivity contribution in [1.29, 1.82) is 0 Å². The number of aliphatic hydroxyl groups excluding tert-OH is 8. The Balaban J connectivity index is 0.956. The van der Waals surface area contributed by atoms with Crippen LogP contribution in [0.2, 0.25) is 0 Å². The van der Waals surface area contributed by atoms with Crippen molar-refractivity contribution in [2.75, 3.05) is 19.8 Å². The van der Waals surface area contributed by atoms with Crippen molar-refractivity contribution in [3.05, 3.63) is 0 Å². The first-order valence-corrected chi connectivity index (χ1v) is 20.4. The van der Waals surface area contributed by atoms with Crippen LogP contribution >= 0.6 is 0 Å².